The maximum atomic E-state index is 12.0. The number of hydrogen-bond donors (Lipinski definition) is 1. The van der Waals surface area contributed by atoms with E-state index in [4.69, 9.17) is 9.47 Å². The minimum Gasteiger partial charge on any atom is -0.488 e. The van der Waals surface area contributed by atoms with Gasteiger partial charge in [-0.05, 0) is 54.4 Å². The molecule has 0 fully saturated rings. The van der Waals surface area contributed by atoms with E-state index in [-0.39, 0.29) is 12.5 Å². The van der Waals surface area contributed by atoms with Crippen molar-refractivity contribution in [3.05, 3.63) is 92.4 Å². The molecule has 7 heteroatoms. The Hall–Kier alpha value is -2.64. The number of rotatable bonds is 8. The van der Waals surface area contributed by atoms with Gasteiger partial charge in [0.2, 0.25) is 0 Å². The van der Waals surface area contributed by atoms with Crippen molar-refractivity contribution < 1.29 is 14.3 Å². The van der Waals surface area contributed by atoms with Crippen molar-refractivity contribution in [3.8, 4) is 11.5 Å². The summed E-state index contributed by atoms with van der Waals surface area (Å²) in [6, 6.07) is 21.1. The zero-order valence-corrected chi connectivity index (χ0v) is 19.4. The summed E-state index contributed by atoms with van der Waals surface area (Å²) in [6.07, 6.45) is 1.55. The van der Waals surface area contributed by atoms with E-state index in [2.05, 4.69) is 42.4 Å². The van der Waals surface area contributed by atoms with Crippen molar-refractivity contribution in [1.29, 1.82) is 0 Å². The summed E-state index contributed by atoms with van der Waals surface area (Å²) in [4.78, 5) is 12.0. The van der Waals surface area contributed by atoms with Gasteiger partial charge in [-0.15, -0.1) is 0 Å². The molecule has 0 saturated heterocycles. The Morgan fingerprint density at radius 1 is 1.03 bits per heavy atom. The van der Waals surface area contributed by atoms with Crippen LogP contribution >= 0.6 is 31.9 Å². The first-order chi connectivity index (χ1) is 14.5. The third-order valence-electron chi connectivity index (χ3n) is 4.10. The van der Waals surface area contributed by atoms with Crippen molar-refractivity contribution in [2.24, 2.45) is 5.10 Å². The Bertz CT molecular complexity index is 1040. The number of halogens is 2. The first-order valence-corrected chi connectivity index (χ1v) is 10.8. The average molecular weight is 532 g/mol. The molecular weight excluding hydrogens is 512 g/mol. The summed E-state index contributed by atoms with van der Waals surface area (Å²) in [5.74, 6) is 0.939. The standard InChI is InChI=1S/C23H20Br2N2O3/c1-16-11-20(8-9-21(16)25)29-15-23(28)27-26-13-18-12-19(24)7-10-22(18)30-14-17-5-3-2-4-6-17/h2-13H,14-15H2,1H3,(H,27,28)/b26-13+. The van der Waals surface area contributed by atoms with E-state index in [0.717, 1.165) is 25.6 Å². The molecule has 30 heavy (non-hydrogen) atoms. The molecule has 0 aliphatic heterocycles. The van der Waals surface area contributed by atoms with Gasteiger partial charge in [0.15, 0.2) is 6.61 Å². The predicted molar refractivity (Wildman–Crippen MR) is 125 cm³/mol. The maximum absolute atomic E-state index is 12.0. The van der Waals surface area contributed by atoms with Gasteiger partial charge in [-0.2, -0.15) is 5.10 Å². The van der Waals surface area contributed by atoms with Crippen LogP contribution in [0.3, 0.4) is 0 Å². The second kappa shape index (κ2) is 10.9. The lowest BCUT2D eigenvalue weighted by Gasteiger charge is -2.10. The van der Waals surface area contributed by atoms with Crippen LogP contribution in [0.1, 0.15) is 16.7 Å². The van der Waals surface area contributed by atoms with E-state index in [9.17, 15) is 4.79 Å². The molecule has 0 radical (unpaired) electrons. The van der Waals surface area contributed by atoms with Crippen LogP contribution in [0.15, 0.2) is 80.8 Å². The number of ether oxygens (including phenoxy) is 2. The number of nitrogens with one attached hydrogen (secondary N) is 1. The molecule has 0 spiro atoms. The molecule has 3 aromatic carbocycles. The van der Waals surface area contributed by atoms with Crippen LogP contribution < -0.4 is 14.9 Å². The second-order valence-corrected chi connectivity index (χ2v) is 8.22. The topological polar surface area (TPSA) is 59.9 Å². The number of aryl methyl sites for hydroxylation is 1. The van der Waals surface area contributed by atoms with Crippen molar-refractivity contribution >= 4 is 44.0 Å². The molecule has 0 bridgehead atoms. The first-order valence-electron chi connectivity index (χ1n) is 9.18. The fraction of sp³-hybridized carbons (Fsp3) is 0.130. The van der Waals surface area contributed by atoms with Gasteiger partial charge >= 0.3 is 0 Å². The highest BCUT2D eigenvalue weighted by atomic mass is 79.9. The van der Waals surface area contributed by atoms with Gasteiger partial charge in [0.1, 0.15) is 18.1 Å². The SMILES string of the molecule is Cc1cc(OCC(=O)N/N=C/c2cc(Br)ccc2OCc2ccccc2)ccc1Br. The van der Waals surface area contributed by atoms with Crippen molar-refractivity contribution in [1.82, 2.24) is 5.43 Å². The van der Waals surface area contributed by atoms with Crippen LogP contribution in [-0.4, -0.2) is 18.7 Å². The van der Waals surface area contributed by atoms with Crippen molar-refractivity contribution in [2.45, 2.75) is 13.5 Å². The van der Waals surface area contributed by atoms with E-state index in [1.165, 1.54) is 0 Å². The van der Waals surface area contributed by atoms with Gasteiger partial charge in [0.25, 0.3) is 5.91 Å². The quantitative estimate of drug-likeness (QED) is 0.303. The van der Waals surface area contributed by atoms with Crippen LogP contribution in [0.4, 0.5) is 0 Å². The fourth-order valence-electron chi connectivity index (χ4n) is 2.55. The number of nitrogens with zero attached hydrogens (tertiary/aromatic N) is 1. The lowest BCUT2D eigenvalue weighted by atomic mass is 10.2. The number of carbonyl (C=O) groups excluding carboxylic acids is 1. The van der Waals surface area contributed by atoms with Gasteiger partial charge < -0.3 is 9.47 Å². The molecule has 154 valence electrons. The lowest BCUT2D eigenvalue weighted by molar-refractivity contribution is -0.123. The smallest absolute Gasteiger partial charge is 0.277 e. The number of hydrogen-bond acceptors (Lipinski definition) is 4. The Morgan fingerprint density at radius 2 is 1.83 bits per heavy atom. The molecule has 0 unspecified atom stereocenters. The largest absolute Gasteiger partial charge is 0.488 e. The summed E-state index contributed by atoms with van der Waals surface area (Å²) in [5, 5.41) is 4.03. The normalized spacial score (nSPS) is 10.8. The lowest BCUT2D eigenvalue weighted by Crippen LogP contribution is -2.24. The molecular formula is C23H20Br2N2O3. The Morgan fingerprint density at radius 3 is 2.60 bits per heavy atom. The van der Waals surface area contributed by atoms with E-state index < -0.39 is 0 Å². The van der Waals surface area contributed by atoms with Gasteiger partial charge in [0, 0.05) is 14.5 Å². The molecule has 0 aliphatic carbocycles. The second-order valence-electron chi connectivity index (χ2n) is 6.45. The van der Waals surface area contributed by atoms with Crippen LogP contribution in [0.2, 0.25) is 0 Å². The van der Waals surface area contributed by atoms with Gasteiger partial charge in [-0.1, -0.05) is 62.2 Å². The van der Waals surface area contributed by atoms with E-state index in [1.54, 1.807) is 12.3 Å². The zero-order chi connectivity index (χ0) is 21.3. The minimum absolute atomic E-state index is 0.131. The maximum Gasteiger partial charge on any atom is 0.277 e. The highest BCUT2D eigenvalue weighted by Crippen LogP contribution is 2.23. The van der Waals surface area contributed by atoms with Crippen LogP contribution in [0.25, 0.3) is 0 Å². The molecule has 3 aromatic rings. The molecule has 1 N–H and O–H groups in total. The third kappa shape index (κ3) is 6.71. The zero-order valence-electron chi connectivity index (χ0n) is 16.3. The molecule has 0 atom stereocenters. The average Bonchev–Trinajstić information content (AvgIpc) is 2.75. The highest BCUT2D eigenvalue weighted by Gasteiger charge is 2.06. The number of benzene rings is 3. The van der Waals surface area contributed by atoms with Crippen LogP contribution in [0.5, 0.6) is 11.5 Å². The Balaban J connectivity index is 1.56. The third-order valence-corrected chi connectivity index (χ3v) is 5.48. The molecule has 1 amide bonds. The number of hydrazone groups is 1. The highest BCUT2D eigenvalue weighted by molar-refractivity contribution is 9.10. The van der Waals surface area contributed by atoms with Crippen molar-refractivity contribution in [3.63, 3.8) is 0 Å². The summed E-state index contributed by atoms with van der Waals surface area (Å²) >= 11 is 6.88. The first kappa shape index (κ1) is 22.1. The fourth-order valence-corrected chi connectivity index (χ4v) is 3.17. The van der Waals surface area contributed by atoms with Gasteiger partial charge in [-0.3, -0.25) is 4.79 Å². The summed E-state index contributed by atoms with van der Waals surface area (Å²) in [5.41, 5.74) is 5.31. The molecule has 0 heterocycles. The Kier molecular flexibility index (Phi) is 8.04. The summed E-state index contributed by atoms with van der Waals surface area (Å²) < 4.78 is 13.3. The van der Waals surface area contributed by atoms with E-state index in [1.807, 2.05) is 67.6 Å². The molecule has 3 rings (SSSR count). The molecule has 0 saturated carbocycles. The minimum atomic E-state index is -0.353. The van der Waals surface area contributed by atoms with Crippen molar-refractivity contribution in [2.75, 3.05) is 6.61 Å². The van der Waals surface area contributed by atoms with Gasteiger partial charge in [-0.25, -0.2) is 5.43 Å². The predicted octanol–water partition coefficient (Wildman–Crippen LogP) is 5.63. The monoisotopic (exact) mass is 530 g/mol. The van der Waals surface area contributed by atoms with E-state index >= 15 is 0 Å². The number of amides is 1. The summed E-state index contributed by atoms with van der Waals surface area (Å²) in [6.45, 7) is 2.27. The molecule has 0 aromatic heterocycles. The molecule has 0 aliphatic rings. The number of carbonyl (C=O) groups is 1. The Labute approximate surface area is 192 Å². The van der Waals surface area contributed by atoms with Crippen LogP contribution in [0, 0.1) is 6.92 Å². The van der Waals surface area contributed by atoms with Gasteiger partial charge in [0.05, 0.1) is 6.21 Å². The van der Waals surface area contributed by atoms with Crippen LogP contribution in [-0.2, 0) is 11.4 Å². The van der Waals surface area contributed by atoms with E-state index in [0.29, 0.717) is 18.1 Å². The summed E-state index contributed by atoms with van der Waals surface area (Å²) in [7, 11) is 0. The molecule has 5 nitrogen and oxygen atoms in total.